The summed E-state index contributed by atoms with van der Waals surface area (Å²) in [6.45, 7) is 2.09. The lowest BCUT2D eigenvalue weighted by Gasteiger charge is -2.02. The van der Waals surface area contributed by atoms with Gasteiger partial charge in [-0.3, -0.25) is 5.01 Å². The first-order valence-corrected chi connectivity index (χ1v) is 6.58. The predicted octanol–water partition coefficient (Wildman–Crippen LogP) is 3.03. The molecule has 0 saturated heterocycles. The predicted molar refractivity (Wildman–Crippen MR) is 73.8 cm³/mol. The molecule has 0 N–H and O–H groups in total. The van der Waals surface area contributed by atoms with Gasteiger partial charge in [-0.1, -0.05) is 5.22 Å². The molecule has 2 aromatic rings. The topological polar surface area (TPSA) is 67.1 Å². The van der Waals surface area contributed by atoms with Gasteiger partial charge in [0.1, 0.15) is 15.4 Å². The Balaban J connectivity index is 2.55. The summed E-state index contributed by atoms with van der Waals surface area (Å²) < 4.78 is 5.03. The summed E-state index contributed by atoms with van der Waals surface area (Å²) in [5.74, 6) is -0.391. The standard InChI is InChI=1S/C12H14N4O2S/c1-4-18-12(17)10-9(14-15-16(2)3)8-6-5-7-13-11(8)19-10/h5-7H,4H2,1-3H3. The number of hydrogen-bond acceptors (Lipinski definition) is 6. The maximum Gasteiger partial charge on any atom is 0.350 e. The summed E-state index contributed by atoms with van der Waals surface area (Å²) >= 11 is 1.27. The van der Waals surface area contributed by atoms with E-state index in [1.165, 1.54) is 11.3 Å². The largest absolute Gasteiger partial charge is 0.462 e. The highest BCUT2D eigenvalue weighted by Crippen LogP contribution is 2.37. The first kappa shape index (κ1) is 13.4. The third-order valence-corrected chi connectivity index (χ3v) is 3.31. The monoisotopic (exact) mass is 278 g/mol. The average Bonchev–Trinajstić information content (AvgIpc) is 2.75. The van der Waals surface area contributed by atoms with Crippen molar-refractivity contribution in [1.29, 1.82) is 0 Å². The lowest BCUT2D eigenvalue weighted by molar-refractivity contribution is 0.0533. The maximum absolute atomic E-state index is 11.9. The zero-order valence-corrected chi connectivity index (χ0v) is 11.8. The summed E-state index contributed by atoms with van der Waals surface area (Å²) in [6, 6.07) is 3.67. The number of pyridine rings is 1. The van der Waals surface area contributed by atoms with Gasteiger partial charge in [-0.05, 0) is 19.1 Å². The second-order valence-corrected chi connectivity index (χ2v) is 4.89. The molecule has 7 heteroatoms. The number of ether oxygens (including phenoxy) is 1. The molecule has 0 aliphatic rings. The Bertz CT molecular complexity index is 621. The second-order valence-electron chi connectivity index (χ2n) is 3.89. The third-order valence-electron chi connectivity index (χ3n) is 2.22. The Morgan fingerprint density at radius 2 is 2.32 bits per heavy atom. The molecule has 0 radical (unpaired) electrons. The van der Waals surface area contributed by atoms with Gasteiger partial charge in [0.25, 0.3) is 0 Å². The van der Waals surface area contributed by atoms with Crippen LogP contribution in [0.5, 0.6) is 0 Å². The van der Waals surface area contributed by atoms with Gasteiger partial charge in [-0.25, -0.2) is 9.78 Å². The van der Waals surface area contributed by atoms with E-state index in [1.54, 1.807) is 38.3 Å². The van der Waals surface area contributed by atoms with Gasteiger partial charge in [0.2, 0.25) is 0 Å². The molecular formula is C12H14N4O2S. The molecule has 0 saturated carbocycles. The lowest BCUT2D eigenvalue weighted by Crippen LogP contribution is -2.03. The van der Waals surface area contributed by atoms with E-state index in [0.29, 0.717) is 17.2 Å². The molecule has 2 heterocycles. The van der Waals surface area contributed by atoms with Crippen molar-refractivity contribution in [3.05, 3.63) is 23.2 Å². The minimum Gasteiger partial charge on any atom is -0.462 e. The van der Waals surface area contributed by atoms with Crippen molar-refractivity contribution >= 4 is 33.2 Å². The number of nitrogens with zero attached hydrogens (tertiary/aromatic N) is 4. The second kappa shape index (κ2) is 5.75. The van der Waals surface area contributed by atoms with Crippen LogP contribution < -0.4 is 0 Å². The molecule has 0 bridgehead atoms. The van der Waals surface area contributed by atoms with Crippen LogP contribution in [0.4, 0.5) is 5.69 Å². The van der Waals surface area contributed by atoms with E-state index < -0.39 is 5.97 Å². The molecule has 0 atom stereocenters. The molecular weight excluding hydrogens is 264 g/mol. The zero-order valence-electron chi connectivity index (χ0n) is 11.0. The Hall–Kier alpha value is -2.02. The Labute approximate surface area is 114 Å². The van der Waals surface area contributed by atoms with Gasteiger partial charge in [0, 0.05) is 25.7 Å². The molecule has 0 spiro atoms. The first-order chi connectivity index (χ1) is 9.13. The van der Waals surface area contributed by atoms with Crippen LogP contribution in [0.25, 0.3) is 10.2 Å². The van der Waals surface area contributed by atoms with Crippen LogP contribution in [0.15, 0.2) is 28.7 Å². The van der Waals surface area contributed by atoms with Crippen molar-refractivity contribution in [3.63, 3.8) is 0 Å². The van der Waals surface area contributed by atoms with Gasteiger partial charge >= 0.3 is 5.97 Å². The molecule has 0 amide bonds. The number of carbonyl (C=O) groups excluding carboxylic acids is 1. The molecule has 0 aliphatic heterocycles. The Kier molecular flexibility index (Phi) is 4.06. The molecule has 0 fully saturated rings. The van der Waals surface area contributed by atoms with Crippen molar-refractivity contribution < 1.29 is 9.53 Å². The number of carbonyl (C=O) groups is 1. The highest BCUT2D eigenvalue weighted by atomic mass is 32.1. The highest BCUT2D eigenvalue weighted by Gasteiger charge is 2.20. The Morgan fingerprint density at radius 3 is 3.00 bits per heavy atom. The van der Waals surface area contributed by atoms with Crippen LogP contribution in [0.1, 0.15) is 16.6 Å². The van der Waals surface area contributed by atoms with Crippen LogP contribution >= 0.6 is 11.3 Å². The number of rotatable bonds is 4. The summed E-state index contributed by atoms with van der Waals surface area (Å²) in [6.07, 6.45) is 1.68. The van der Waals surface area contributed by atoms with Crippen LogP contribution in [-0.2, 0) is 4.74 Å². The molecule has 6 nitrogen and oxygen atoms in total. The van der Waals surface area contributed by atoms with Crippen LogP contribution in [0.2, 0.25) is 0 Å². The van der Waals surface area contributed by atoms with Gasteiger partial charge in [0.15, 0.2) is 0 Å². The number of fused-ring (bicyclic) bond motifs is 1. The van der Waals surface area contributed by atoms with Crippen LogP contribution in [0, 0.1) is 0 Å². The van der Waals surface area contributed by atoms with Crippen molar-refractivity contribution in [2.45, 2.75) is 6.92 Å². The van der Waals surface area contributed by atoms with E-state index in [1.807, 2.05) is 6.07 Å². The number of aromatic nitrogens is 1. The van der Waals surface area contributed by atoms with E-state index in [-0.39, 0.29) is 0 Å². The van der Waals surface area contributed by atoms with E-state index in [4.69, 9.17) is 4.74 Å². The van der Waals surface area contributed by atoms with Crippen molar-refractivity contribution in [3.8, 4) is 0 Å². The van der Waals surface area contributed by atoms with Crippen LogP contribution in [-0.4, -0.2) is 36.7 Å². The highest BCUT2D eigenvalue weighted by molar-refractivity contribution is 7.21. The molecule has 0 aliphatic carbocycles. The van der Waals surface area contributed by atoms with Gasteiger partial charge in [-0.2, -0.15) is 0 Å². The fourth-order valence-corrected chi connectivity index (χ4v) is 2.46. The minimum absolute atomic E-state index is 0.324. The SMILES string of the molecule is CCOC(=O)c1sc2ncccc2c1N=NN(C)C. The van der Waals surface area contributed by atoms with Crippen molar-refractivity contribution in [2.75, 3.05) is 20.7 Å². The van der Waals surface area contributed by atoms with Gasteiger partial charge in [-0.15, -0.1) is 16.5 Å². The smallest absolute Gasteiger partial charge is 0.350 e. The summed E-state index contributed by atoms with van der Waals surface area (Å²) in [4.78, 5) is 17.3. The third kappa shape index (κ3) is 2.87. The van der Waals surface area contributed by atoms with Gasteiger partial charge < -0.3 is 4.74 Å². The molecule has 0 unspecified atom stereocenters. The first-order valence-electron chi connectivity index (χ1n) is 5.77. The fraction of sp³-hybridized carbons (Fsp3) is 0.333. The summed E-state index contributed by atoms with van der Waals surface area (Å²) in [5.41, 5.74) is 0.514. The normalized spacial score (nSPS) is 11.1. The molecule has 100 valence electrons. The fourth-order valence-electron chi connectivity index (χ4n) is 1.49. The van der Waals surface area contributed by atoms with Gasteiger partial charge in [0.05, 0.1) is 6.61 Å². The Morgan fingerprint density at radius 1 is 1.53 bits per heavy atom. The quantitative estimate of drug-likeness (QED) is 0.490. The molecule has 0 aromatic carbocycles. The molecule has 19 heavy (non-hydrogen) atoms. The number of esters is 1. The van der Waals surface area contributed by atoms with E-state index in [2.05, 4.69) is 15.3 Å². The van der Waals surface area contributed by atoms with E-state index in [0.717, 1.165) is 10.2 Å². The number of thiophene rings is 1. The van der Waals surface area contributed by atoms with Crippen LogP contribution in [0.3, 0.4) is 0 Å². The van der Waals surface area contributed by atoms with Crippen molar-refractivity contribution in [2.24, 2.45) is 10.3 Å². The zero-order chi connectivity index (χ0) is 13.8. The molecule has 2 aromatic heterocycles. The van der Waals surface area contributed by atoms with E-state index in [9.17, 15) is 4.79 Å². The molecule has 2 rings (SSSR count). The lowest BCUT2D eigenvalue weighted by atomic mass is 10.3. The average molecular weight is 278 g/mol. The summed E-state index contributed by atoms with van der Waals surface area (Å²) in [5, 5.41) is 10.4. The minimum atomic E-state index is -0.391. The summed E-state index contributed by atoms with van der Waals surface area (Å²) in [7, 11) is 3.53. The van der Waals surface area contributed by atoms with E-state index >= 15 is 0 Å². The number of hydrogen-bond donors (Lipinski definition) is 0. The van der Waals surface area contributed by atoms with Crippen molar-refractivity contribution in [1.82, 2.24) is 9.99 Å². The maximum atomic E-state index is 11.9.